The molecule has 1 aromatic rings. The molecule has 1 rings (SSSR count). The van der Waals surface area contributed by atoms with Crippen molar-refractivity contribution in [2.24, 2.45) is 5.73 Å². The minimum absolute atomic E-state index is 0. The SMILES string of the molecule is CN.[CH-]=O.[CH2-]CC(=O)NC.[CH2-]c1cc[c-]nc1.[W].[Y]. The Bertz CT molecular complexity index is 258. The number of carbonyl (C=O) groups is 1. The minimum Gasteiger partial charge on any atom is -0.545 e. The number of hydrogen-bond donors (Lipinski definition) is 2. The number of nitrogens with one attached hydrogen (secondary N) is 1. The zero-order valence-electron chi connectivity index (χ0n) is 11.3. The van der Waals surface area contributed by atoms with E-state index >= 15 is 0 Å². The number of aromatic nitrogens is 1. The van der Waals surface area contributed by atoms with Crippen molar-refractivity contribution in [3.05, 3.63) is 43.9 Å². The van der Waals surface area contributed by atoms with Gasteiger partial charge in [0.15, 0.2) is 5.91 Å². The van der Waals surface area contributed by atoms with Gasteiger partial charge in [-0.05, 0) is 7.05 Å². The van der Waals surface area contributed by atoms with E-state index in [2.05, 4.69) is 42.9 Å². The molecule has 0 saturated carbocycles. The van der Waals surface area contributed by atoms with Crippen LogP contribution in [-0.2, 0) is 63.4 Å². The van der Waals surface area contributed by atoms with E-state index in [1.165, 1.54) is 7.05 Å². The molecule has 0 bridgehead atoms. The summed E-state index contributed by atoms with van der Waals surface area (Å²) < 4.78 is 0. The van der Waals surface area contributed by atoms with Gasteiger partial charge in [-0.25, -0.2) is 0 Å². The van der Waals surface area contributed by atoms with Crippen LogP contribution in [-0.4, -0.2) is 31.8 Å². The molecule has 1 heterocycles. The molecule has 1 aromatic heterocycles. The van der Waals surface area contributed by atoms with Crippen LogP contribution in [0.4, 0.5) is 0 Å². The van der Waals surface area contributed by atoms with Crippen molar-refractivity contribution in [1.29, 1.82) is 0 Å². The van der Waals surface area contributed by atoms with Gasteiger partial charge >= 0.3 is 0 Å². The maximum Gasteiger partial charge on any atom is 0.189 e. The number of carbonyl (C=O) groups excluding carboxylic acids is 2. The van der Waals surface area contributed by atoms with Gasteiger partial charge in [-0.1, -0.05) is 12.4 Å². The minimum atomic E-state index is -0.0185. The van der Waals surface area contributed by atoms with Crippen LogP contribution < -0.4 is 11.1 Å². The van der Waals surface area contributed by atoms with Crippen molar-refractivity contribution in [3.8, 4) is 0 Å². The Hall–Kier alpha value is -0.0878. The first-order chi connectivity index (χ1) is 8.20. The average Bonchev–Trinajstić information content (AvgIpc) is 2.44. The maximum absolute atomic E-state index is 10.0. The summed E-state index contributed by atoms with van der Waals surface area (Å²) >= 11 is 0. The molecule has 3 N–H and O–H groups in total. The smallest absolute Gasteiger partial charge is 0.189 e. The van der Waals surface area contributed by atoms with Crippen LogP contribution in [0.15, 0.2) is 18.3 Å². The topological polar surface area (TPSA) is 85.1 Å². The van der Waals surface area contributed by atoms with Crippen LogP contribution in [0.25, 0.3) is 0 Å². The van der Waals surface area contributed by atoms with Crippen LogP contribution in [0.2, 0.25) is 0 Å². The molecule has 5 nitrogen and oxygen atoms in total. The summed E-state index contributed by atoms with van der Waals surface area (Å²) in [7, 11) is 3.09. The van der Waals surface area contributed by atoms with Crippen molar-refractivity contribution in [3.63, 3.8) is 0 Å². The number of hydrogen-bond acceptors (Lipinski definition) is 4. The van der Waals surface area contributed by atoms with E-state index in [1.807, 2.05) is 6.07 Å². The molecule has 0 unspecified atom stereocenters. The summed E-state index contributed by atoms with van der Waals surface area (Å²) in [4.78, 5) is 21.5. The average molecular weight is 510 g/mol. The van der Waals surface area contributed by atoms with Gasteiger partial charge < -0.3 is 27.8 Å². The van der Waals surface area contributed by atoms with Gasteiger partial charge in [-0.2, -0.15) is 24.6 Å². The maximum atomic E-state index is 10.0. The second-order valence-corrected chi connectivity index (χ2v) is 2.22. The Kier molecular flexibility index (Phi) is 50.7. The Labute approximate surface area is 155 Å². The predicted octanol–water partition coefficient (Wildman–Crippen LogP) is 0.316. The standard InChI is InChI=1S/C6H5N.C4H8NO.CH5N.CHO.W.Y/c1-6-3-2-4-7-5-6;1-3-4(6)5-2;2*1-2;;/h2-3,5H,1H2;1,3H2,2H3,(H,5,6);2H2,1H3;1H;;/q-2;-1;;-1;;. The second-order valence-electron chi connectivity index (χ2n) is 2.22. The van der Waals surface area contributed by atoms with Gasteiger partial charge in [0.05, 0.1) is 0 Å². The molecule has 0 saturated heterocycles. The van der Waals surface area contributed by atoms with Crippen molar-refractivity contribution in [2.75, 3.05) is 14.1 Å². The third kappa shape index (κ3) is 32.0. The number of amides is 1. The third-order valence-electron chi connectivity index (χ3n) is 1.18. The molecule has 0 atom stereocenters. The Balaban J connectivity index is -0.0000000507. The van der Waals surface area contributed by atoms with E-state index in [4.69, 9.17) is 4.79 Å². The monoisotopic (exact) mass is 510 g/mol. The van der Waals surface area contributed by atoms with E-state index in [-0.39, 0.29) is 59.7 Å². The first-order valence-electron chi connectivity index (χ1n) is 4.66. The van der Waals surface area contributed by atoms with Crippen LogP contribution >= 0.6 is 0 Å². The van der Waals surface area contributed by atoms with E-state index in [9.17, 15) is 4.79 Å². The number of nitrogens with two attached hydrogens (primary N) is 1. The molecule has 0 aliphatic heterocycles. The molecule has 0 spiro atoms. The van der Waals surface area contributed by atoms with E-state index in [0.717, 1.165) is 5.56 Å². The van der Waals surface area contributed by atoms with Gasteiger partial charge in [0.25, 0.3) is 0 Å². The molecule has 0 aromatic carbocycles. The fraction of sp³-hybridized carbons (Fsp3) is 0.250. The molecule has 0 aliphatic carbocycles. The van der Waals surface area contributed by atoms with Crippen LogP contribution in [0.1, 0.15) is 12.0 Å². The van der Waals surface area contributed by atoms with Gasteiger partial charge in [-0.15, -0.1) is 6.42 Å². The fourth-order valence-corrected chi connectivity index (χ4v) is 0.476. The Morgan fingerprint density at radius 3 is 2.11 bits per heavy atom. The zero-order valence-corrected chi connectivity index (χ0v) is 17.0. The van der Waals surface area contributed by atoms with Gasteiger partial charge in [0, 0.05) is 60.8 Å². The summed E-state index contributed by atoms with van der Waals surface area (Å²) in [6, 6.07) is 3.59. The summed E-state index contributed by atoms with van der Waals surface area (Å²) in [5, 5.41) is 2.41. The Morgan fingerprint density at radius 1 is 1.53 bits per heavy atom. The number of rotatable bonds is 1. The van der Waals surface area contributed by atoms with Crippen LogP contribution in [0.3, 0.4) is 0 Å². The van der Waals surface area contributed by atoms with E-state index in [0.29, 0.717) is 6.42 Å². The van der Waals surface area contributed by atoms with E-state index in [1.54, 1.807) is 19.3 Å². The zero-order chi connectivity index (χ0) is 14.1. The molecule has 0 fully saturated rings. The van der Waals surface area contributed by atoms with Crippen molar-refractivity contribution >= 4 is 12.7 Å². The van der Waals surface area contributed by atoms with E-state index < -0.39 is 0 Å². The predicted molar refractivity (Wildman–Crippen MR) is 68.4 cm³/mol. The molecule has 19 heavy (non-hydrogen) atoms. The summed E-state index contributed by atoms with van der Waals surface area (Å²) in [5.41, 5.74) is 5.43. The third-order valence-corrected chi connectivity index (χ3v) is 1.18. The summed E-state index contributed by atoms with van der Waals surface area (Å²) in [6.45, 7) is 10.2. The van der Waals surface area contributed by atoms with Gasteiger partial charge in [-0.3, -0.25) is 11.6 Å². The van der Waals surface area contributed by atoms with Crippen molar-refractivity contribution < 1.29 is 63.4 Å². The largest absolute Gasteiger partial charge is 0.545 e. The number of pyridine rings is 1. The molecule has 0 aliphatic rings. The van der Waals surface area contributed by atoms with Crippen molar-refractivity contribution in [1.82, 2.24) is 10.3 Å². The molecule has 7 heteroatoms. The number of nitrogens with zero attached hydrogens (tertiary/aromatic N) is 1. The van der Waals surface area contributed by atoms with Gasteiger partial charge in [0.1, 0.15) is 0 Å². The normalized spacial score (nSPS) is 6.11. The molecular formula is C12H19N3O2WY-4. The molecule has 1 amide bonds. The molecular weight excluding hydrogens is 491 g/mol. The fourth-order valence-electron chi connectivity index (χ4n) is 0.476. The summed E-state index contributed by atoms with van der Waals surface area (Å²) in [5.74, 6) is -0.0185. The van der Waals surface area contributed by atoms with Crippen LogP contribution in [0, 0.1) is 20.0 Å². The Morgan fingerprint density at radius 2 is 2.00 bits per heavy atom. The first kappa shape index (κ1) is 31.4. The van der Waals surface area contributed by atoms with Crippen molar-refractivity contribution in [2.45, 2.75) is 6.42 Å². The molecule has 107 valence electrons. The molecule has 1 radical (unpaired) electrons. The first-order valence-corrected chi connectivity index (χ1v) is 4.66. The quantitative estimate of drug-likeness (QED) is 0.422. The second kappa shape index (κ2) is 30.7. The van der Waals surface area contributed by atoms with Gasteiger partial charge in [0.2, 0.25) is 0 Å². The van der Waals surface area contributed by atoms with Crippen LogP contribution in [0.5, 0.6) is 0 Å². The summed E-state index contributed by atoms with van der Waals surface area (Å²) in [6.07, 6.45) is 4.64.